The van der Waals surface area contributed by atoms with E-state index >= 15 is 0 Å². The highest BCUT2D eigenvalue weighted by atomic mass is 16.1. The first-order chi connectivity index (χ1) is 14.5. The van der Waals surface area contributed by atoms with Crippen LogP contribution in [0.2, 0.25) is 0 Å². The molecule has 0 aliphatic rings. The highest BCUT2D eigenvalue weighted by molar-refractivity contribution is 5.93. The van der Waals surface area contributed by atoms with Crippen molar-refractivity contribution in [3.05, 3.63) is 78.4 Å². The van der Waals surface area contributed by atoms with Crippen molar-refractivity contribution >= 4 is 27.9 Å². The number of aromatic nitrogens is 6. The van der Waals surface area contributed by atoms with E-state index in [1.807, 2.05) is 73.3 Å². The van der Waals surface area contributed by atoms with Gasteiger partial charge in [-0.15, -0.1) is 0 Å². The third-order valence-corrected chi connectivity index (χ3v) is 4.52. The van der Waals surface area contributed by atoms with Crippen molar-refractivity contribution in [1.29, 1.82) is 0 Å². The van der Waals surface area contributed by atoms with E-state index in [2.05, 4.69) is 25.0 Å². The van der Waals surface area contributed by atoms with Gasteiger partial charge in [-0.25, -0.2) is 9.97 Å². The molecule has 0 saturated carbocycles. The highest BCUT2D eigenvalue weighted by Crippen LogP contribution is 2.19. The zero-order chi connectivity index (χ0) is 21.1. The minimum Gasteiger partial charge on any atom is -0.293 e. The summed E-state index contributed by atoms with van der Waals surface area (Å²) in [6.45, 7) is 3.46. The molecule has 148 valence electrons. The van der Waals surface area contributed by atoms with E-state index in [9.17, 15) is 4.79 Å². The van der Waals surface area contributed by atoms with Crippen LogP contribution >= 0.6 is 0 Å². The molecule has 0 aliphatic carbocycles. The average molecular weight is 396 g/mol. The first kappa shape index (κ1) is 19.3. The standard InChI is InChI=1S/C13H12N4.C10H8N2O/c1-9-7-13(17(2)16-9)12-8-14-10-5-3-4-6-11(10)15-12;1-7(13)10-6-11-8-4-2-3-5-9(8)12-10/h3-8H,1-2H3;2-6H,1H3. The Hall–Kier alpha value is -4.00. The van der Waals surface area contributed by atoms with Crippen LogP contribution in [0.1, 0.15) is 23.1 Å². The van der Waals surface area contributed by atoms with E-state index in [4.69, 9.17) is 0 Å². The van der Waals surface area contributed by atoms with Crippen molar-refractivity contribution < 1.29 is 4.79 Å². The second-order valence-electron chi connectivity index (χ2n) is 6.84. The van der Waals surface area contributed by atoms with Crippen LogP contribution in [0, 0.1) is 6.92 Å². The Morgan fingerprint density at radius 3 is 1.97 bits per heavy atom. The number of carbonyl (C=O) groups excluding carboxylic acids is 1. The summed E-state index contributed by atoms with van der Waals surface area (Å²) in [6.07, 6.45) is 3.30. The second-order valence-corrected chi connectivity index (χ2v) is 6.84. The van der Waals surface area contributed by atoms with Crippen LogP contribution in [0.5, 0.6) is 0 Å². The van der Waals surface area contributed by atoms with Crippen molar-refractivity contribution in [2.75, 3.05) is 0 Å². The second kappa shape index (κ2) is 8.16. The Labute approximate surface area is 173 Å². The summed E-state index contributed by atoms with van der Waals surface area (Å²) in [7, 11) is 1.92. The number of hydrogen-bond acceptors (Lipinski definition) is 6. The average Bonchev–Trinajstić information content (AvgIpc) is 3.11. The Morgan fingerprint density at radius 1 is 0.833 bits per heavy atom. The van der Waals surface area contributed by atoms with Crippen LogP contribution < -0.4 is 0 Å². The molecule has 0 N–H and O–H groups in total. The van der Waals surface area contributed by atoms with Crippen LogP contribution in [-0.4, -0.2) is 35.5 Å². The molecule has 0 fully saturated rings. The summed E-state index contributed by atoms with van der Waals surface area (Å²) in [5.74, 6) is -0.0572. The van der Waals surface area contributed by atoms with E-state index in [0.717, 1.165) is 39.1 Å². The molecule has 0 spiro atoms. The number of benzene rings is 2. The maximum absolute atomic E-state index is 11.0. The number of ketones is 1. The monoisotopic (exact) mass is 396 g/mol. The number of rotatable bonds is 2. The van der Waals surface area contributed by atoms with Gasteiger partial charge in [-0.3, -0.25) is 19.4 Å². The predicted octanol–water partition coefficient (Wildman–Crippen LogP) is 4.17. The summed E-state index contributed by atoms with van der Waals surface area (Å²) >= 11 is 0. The molecule has 0 amide bonds. The van der Waals surface area contributed by atoms with Crippen LogP contribution in [0.25, 0.3) is 33.5 Å². The van der Waals surface area contributed by atoms with Gasteiger partial charge in [0.2, 0.25) is 0 Å². The van der Waals surface area contributed by atoms with Crippen LogP contribution in [-0.2, 0) is 7.05 Å². The van der Waals surface area contributed by atoms with Gasteiger partial charge in [-0.05, 0) is 37.3 Å². The molecule has 30 heavy (non-hydrogen) atoms. The van der Waals surface area contributed by atoms with Gasteiger partial charge in [0.15, 0.2) is 5.78 Å². The highest BCUT2D eigenvalue weighted by Gasteiger charge is 2.07. The van der Waals surface area contributed by atoms with Gasteiger partial charge >= 0.3 is 0 Å². The fourth-order valence-electron chi connectivity index (χ4n) is 3.06. The maximum Gasteiger partial charge on any atom is 0.179 e. The molecule has 7 heteroatoms. The zero-order valence-corrected chi connectivity index (χ0v) is 16.9. The topological polar surface area (TPSA) is 86.5 Å². The van der Waals surface area contributed by atoms with Crippen molar-refractivity contribution in [2.24, 2.45) is 7.05 Å². The van der Waals surface area contributed by atoms with E-state index in [1.54, 1.807) is 6.20 Å². The van der Waals surface area contributed by atoms with E-state index in [0.29, 0.717) is 5.69 Å². The first-order valence-electron chi connectivity index (χ1n) is 9.47. The van der Waals surface area contributed by atoms with Crippen molar-refractivity contribution in [2.45, 2.75) is 13.8 Å². The fraction of sp³-hybridized carbons (Fsp3) is 0.130. The van der Waals surface area contributed by atoms with Gasteiger partial charge in [0.05, 0.1) is 45.8 Å². The summed E-state index contributed by atoms with van der Waals surface area (Å²) in [5, 5.41) is 4.32. The minimum atomic E-state index is -0.0572. The number of fused-ring (bicyclic) bond motifs is 2. The number of hydrogen-bond donors (Lipinski definition) is 0. The number of nitrogens with zero attached hydrogens (tertiary/aromatic N) is 6. The van der Waals surface area contributed by atoms with E-state index in [-0.39, 0.29) is 5.78 Å². The molecular weight excluding hydrogens is 376 g/mol. The van der Waals surface area contributed by atoms with E-state index in [1.165, 1.54) is 13.1 Å². The molecule has 0 aliphatic heterocycles. The third kappa shape index (κ3) is 4.05. The van der Waals surface area contributed by atoms with Crippen molar-refractivity contribution in [3.8, 4) is 11.4 Å². The largest absolute Gasteiger partial charge is 0.293 e. The van der Waals surface area contributed by atoms with Gasteiger partial charge in [0.25, 0.3) is 0 Å². The lowest BCUT2D eigenvalue weighted by Crippen LogP contribution is -1.97. The zero-order valence-electron chi connectivity index (χ0n) is 16.9. The van der Waals surface area contributed by atoms with Gasteiger partial charge in [0, 0.05) is 14.0 Å². The van der Waals surface area contributed by atoms with Gasteiger partial charge in [-0.1, -0.05) is 24.3 Å². The molecule has 5 aromatic rings. The first-order valence-corrected chi connectivity index (χ1v) is 9.47. The molecule has 7 nitrogen and oxygen atoms in total. The lowest BCUT2D eigenvalue weighted by molar-refractivity contribution is 0.101. The minimum absolute atomic E-state index is 0.0572. The van der Waals surface area contributed by atoms with Crippen LogP contribution in [0.4, 0.5) is 0 Å². The van der Waals surface area contributed by atoms with Crippen LogP contribution in [0.15, 0.2) is 67.0 Å². The lowest BCUT2D eigenvalue weighted by Gasteiger charge is -2.02. The molecule has 0 bridgehead atoms. The van der Waals surface area contributed by atoms with Gasteiger partial charge in [-0.2, -0.15) is 5.10 Å². The third-order valence-electron chi connectivity index (χ3n) is 4.52. The predicted molar refractivity (Wildman–Crippen MR) is 116 cm³/mol. The molecule has 0 radical (unpaired) electrons. The van der Waals surface area contributed by atoms with E-state index < -0.39 is 0 Å². The Balaban J connectivity index is 0.000000151. The summed E-state index contributed by atoms with van der Waals surface area (Å²) in [5.41, 5.74) is 6.63. The summed E-state index contributed by atoms with van der Waals surface area (Å²) in [4.78, 5) is 28.3. The molecule has 2 aromatic carbocycles. The molecule has 0 unspecified atom stereocenters. The Bertz CT molecular complexity index is 1360. The summed E-state index contributed by atoms with van der Waals surface area (Å²) < 4.78 is 1.83. The van der Waals surface area contributed by atoms with Gasteiger partial charge < -0.3 is 0 Å². The maximum atomic E-state index is 11.0. The Kier molecular flexibility index (Phi) is 5.26. The molecule has 0 saturated heterocycles. The van der Waals surface area contributed by atoms with Crippen LogP contribution in [0.3, 0.4) is 0 Å². The number of Topliss-reactive ketones (excluding diaryl/α,β-unsaturated/α-hetero) is 1. The quantitative estimate of drug-likeness (QED) is 0.416. The summed E-state index contributed by atoms with van der Waals surface area (Å²) in [6, 6.07) is 17.3. The number of aryl methyl sites for hydroxylation is 2. The number of para-hydroxylation sites is 4. The molecule has 3 aromatic heterocycles. The molecule has 0 atom stereocenters. The molecular formula is C23H20N6O. The Morgan fingerprint density at radius 2 is 1.40 bits per heavy atom. The SMILES string of the molecule is CC(=O)c1cnc2ccccc2n1.Cc1cc(-c2cnc3ccccc3n2)n(C)n1. The fourth-order valence-corrected chi connectivity index (χ4v) is 3.06. The molecule has 3 heterocycles. The van der Waals surface area contributed by atoms with Crippen molar-refractivity contribution in [1.82, 2.24) is 29.7 Å². The normalized spacial score (nSPS) is 10.6. The van der Waals surface area contributed by atoms with Gasteiger partial charge in [0.1, 0.15) is 11.4 Å². The smallest absolute Gasteiger partial charge is 0.179 e. The lowest BCUT2D eigenvalue weighted by atomic mass is 10.2. The number of carbonyl (C=O) groups is 1. The molecule has 5 rings (SSSR count). The van der Waals surface area contributed by atoms with Crippen molar-refractivity contribution in [3.63, 3.8) is 0 Å².